The van der Waals surface area contributed by atoms with Crippen molar-refractivity contribution in [3.8, 4) is 5.75 Å². The van der Waals surface area contributed by atoms with Gasteiger partial charge in [-0.25, -0.2) is 0 Å². The highest BCUT2D eigenvalue weighted by molar-refractivity contribution is 5.80. The van der Waals surface area contributed by atoms with Gasteiger partial charge in [-0.05, 0) is 30.7 Å². The van der Waals surface area contributed by atoms with Gasteiger partial charge in [-0.1, -0.05) is 12.1 Å². The van der Waals surface area contributed by atoms with E-state index in [9.17, 15) is 8.78 Å². The Morgan fingerprint density at radius 2 is 2.19 bits per heavy atom. The fourth-order valence-corrected chi connectivity index (χ4v) is 3.16. The Hall–Kier alpha value is -2.77. The number of halogens is 2. The predicted molar refractivity (Wildman–Crippen MR) is 101 cm³/mol. The SMILES string of the molecule is CN=C(NCCc1ccco1)NC1CCN(c2ccccc2OC(F)F)C1. The number of para-hydroxylation sites is 2. The molecule has 1 atom stereocenters. The van der Waals surface area contributed by atoms with E-state index in [0.29, 0.717) is 24.7 Å². The van der Waals surface area contributed by atoms with Crippen LogP contribution in [0.2, 0.25) is 0 Å². The van der Waals surface area contributed by atoms with E-state index in [1.807, 2.05) is 23.1 Å². The number of hydrogen-bond donors (Lipinski definition) is 2. The number of anilines is 1. The van der Waals surface area contributed by atoms with E-state index >= 15 is 0 Å². The third-order valence-electron chi connectivity index (χ3n) is 4.42. The first-order valence-corrected chi connectivity index (χ1v) is 8.94. The van der Waals surface area contributed by atoms with Crippen LogP contribution in [0, 0.1) is 0 Å². The van der Waals surface area contributed by atoms with Crippen molar-refractivity contribution >= 4 is 11.6 Å². The molecule has 1 fully saturated rings. The van der Waals surface area contributed by atoms with Gasteiger partial charge in [0.15, 0.2) is 5.96 Å². The zero-order chi connectivity index (χ0) is 19.1. The van der Waals surface area contributed by atoms with Gasteiger partial charge in [0.05, 0.1) is 12.0 Å². The van der Waals surface area contributed by atoms with E-state index < -0.39 is 6.61 Å². The van der Waals surface area contributed by atoms with E-state index in [1.54, 1.807) is 31.5 Å². The van der Waals surface area contributed by atoms with Crippen LogP contribution in [0.4, 0.5) is 14.5 Å². The highest BCUT2D eigenvalue weighted by Gasteiger charge is 2.26. The first kappa shape index (κ1) is 19.0. The summed E-state index contributed by atoms with van der Waals surface area (Å²) in [7, 11) is 1.72. The molecule has 0 radical (unpaired) electrons. The van der Waals surface area contributed by atoms with Crippen molar-refractivity contribution in [2.75, 3.05) is 31.6 Å². The molecule has 1 aliphatic rings. The number of nitrogens with zero attached hydrogens (tertiary/aromatic N) is 2. The Morgan fingerprint density at radius 3 is 2.93 bits per heavy atom. The molecule has 2 heterocycles. The first-order valence-electron chi connectivity index (χ1n) is 8.94. The van der Waals surface area contributed by atoms with E-state index in [-0.39, 0.29) is 11.8 Å². The van der Waals surface area contributed by atoms with Gasteiger partial charge in [-0.2, -0.15) is 8.78 Å². The molecule has 2 aromatic rings. The molecule has 0 spiro atoms. The Labute approximate surface area is 157 Å². The number of furan rings is 1. The van der Waals surface area contributed by atoms with Crippen LogP contribution in [0.3, 0.4) is 0 Å². The van der Waals surface area contributed by atoms with Gasteiger partial charge in [-0.15, -0.1) is 0 Å². The Morgan fingerprint density at radius 1 is 1.33 bits per heavy atom. The Kier molecular flexibility index (Phi) is 6.51. The normalized spacial score (nSPS) is 17.4. The van der Waals surface area contributed by atoms with Crippen LogP contribution in [0.25, 0.3) is 0 Å². The molecule has 1 aromatic heterocycles. The summed E-state index contributed by atoms with van der Waals surface area (Å²) in [4.78, 5) is 6.29. The van der Waals surface area contributed by atoms with E-state index in [4.69, 9.17) is 4.42 Å². The van der Waals surface area contributed by atoms with Crippen LogP contribution in [0.5, 0.6) is 5.75 Å². The second kappa shape index (κ2) is 9.25. The molecule has 1 unspecified atom stereocenters. The molecule has 6 nitrogen and oxygen atoms in total. The van der Waals surface area contributed by atoms with Crippen LogP contribution in [-0.4, -0.2) is 45.3 Å². The van der Waals surface area contributed by atoms with Crippen molar-refractivity contribution in [2.45, 2.75) is 25.5 Å². The number of rotatable bonds is 7. The number of aliphatic imine (C=N–C) groups is 1. The maximum absolute atomic E-state index is 12.6. The van der Waals surface area contributed by atoms with Crippen LogP contribution in [0.15, 0.2) is 52.1 Å². The number of alkyl halides is 2. The first-order chi connectivity index (χ1) is 13.2. The van der Waals surface area contributed by atoms with Gasteiger partial charge in [0.25, 0.3) is 0 Å². The van der Waals surface area contributed by atoms with Crippen LogP contribution >= 0.6 is 0 Å². The zero-order valence-corrected chi connectivity index (χ0v) is 15.2. The minimum absolute atomic E-state index is 0.166. The lowest BCUT2D eigenvalue weighted by atomic mass is 10.2. The van der Waals surface area contributed by atoms with Crippen LogP contribution in [0.1, 0.15) is 12.2 Å². The van der Waals surface area contributed by atoms with Gasteiger partial charge in [0.2, 0.25) is 0 Å². The molecule has 8 heteroatoms. The third-order valence-corrected chi connectivity index (χ3v) is 4.42. The van der Waals surface area contributed by atoms with E-state index in [2.05, 4.69) is 20.4 Å². The van der Waals surface area contributed by atoms with Gasteiger partial charge >= 0.3 is 6.61 Å². The van der Waals surface area contributed by atoms with Crippen LogP contribution < -0.4 is 20.3 Å². The lowest BCUT2D eigenvalue weighted by Gasteiger charge is -2.22. The summed E-state index contributed by atoms with van der Waals surface area (Å²) in [5, 5.41) is 6.65. The number of guanidine groups is 1. The summed E-state index contributed by atoms with van der Waals surface area (Å²) in [6.45, 7) is -0.693. The predicted octanol–water partition coefficient (Wildman–Crippen LogP) is 2.87. The zero-order valence-electron chi connectivity index (χ0n) is 15.2. The summed E-state index contributed by atoms with van der Waals surface area (Å²) in [6, 6.07) is 10.9. The standard InChI is InChI=1S/C19H24F2N4O2/c1-22-19(23-10-8-15-5-4-12-26-15)24-14-9-11-25(13-14)16-6-2-3-7-17(16)27-18(20)21/h2-7,12,14,18H,8-11,13H2,1H3,(H2,22,23,24). The minimum Gasteiger partial charge on any atom is -0.469 e. The number of nitrogens with one attached hydrogen (secondary N) is 2. The second-order valence-electron chi connectivity index (χ2n) is 6.25. The summed E-state index contributed by atoms with van der Waals surface area (Å²) in [5.74, 6) is 1.83. The molecule has 3 rings (SSSR count). The quantitative estimate of drug-likeness (QED) is 0.573. The lowest BCUT2D eigenvalue weighted by molar-refractivity contribution is -0.0495. The Balaban J connectivity index is 1.51. The monoisotopic (exact) mass is 378 g/mol. The summed E-state index contributed by atoms with van der Waals surface area (Å²) in [5.41, 5.74) is 0.683. The topological polar surface area (TPSA) is 62.0 Å². The molecular weight excluding hydrogens is 354 g/mol. The van der Waals surface area contributed by atoms with Crippen molar-refractivity contribution in [2.24, 2.45) is 4.99 Å². The third kappa shape index (κ3) is 5.35. The largest absolute Gasteiger partial charge is 0.469 e. The van der Waals surface area contributed by atoms with Crippen molar-refractivity contribution in [3.63, 3.8) is 0 Å². The van der Waals surface area contributed by atoms with Crippen molar-refractivity contribution in [1.82, 2.24) is 10.6 Å². The number of benzene rings is 1. The highest BCUT2D eigenvalue weighted by atomic mass is 19.3. The minimum atomic E-state index is -2.83. The van der Waals surface area contributed by atoms with Gasteiger partial charge in [0.1, 0.15) is 11.5 Å². The molecule has 27 heavy (non-hydrogen) atoms. The van der Waals surface area contributed by atoms with Gasteiger partial charge in [-0.3, -0.25) is 4.99 Å². The molecule has 1 aliphatic heterocycles. The highest BCUT2D eigenvalue weighted by Crippen LogP contribution is 2.31. The van der Waals surface area contributed by atoms with Gasteiger partial charge in [0, 0.05) is 39.1 Å². The van der Waals surface area contributed by atoms with E-state index in [1.165, 1.54) is 0 Å². The molecule has 0 bridgehead atoms. The van der Waals surface area contributed by atoms with E-state index in [0.717, 1.165) is 25.1 Å². The van der Waals surface area contributed by atoms with Crippen molar-refractivity contribution < 1.29 is 17.9 Å². The molecule has 0 aliphatic carbocycles. The molecule has 1 saturated heterocycles. The number of ether oxygens (including phenoxy) is 1. The molecule has 2 N–H and O–H groups in total. The average molecular weight is 378 g/mol. The summed E-state index contributed by atoms with van der Waals surface area (Å²) < 4.78 is 35.2. The lowest BCUT2D eigenvalue weighted by Crippen LogP contribution is -2.45. The molecule has 146 valence electrons. The second-order valence-corrected chi connectivity index (χ2v) is 6.25. The van der Waals surface area contributed by atoms with Crippen molar-refractivity contribution in [3.05, 3.63) is 48.4 Å². The van der Waals surface area contributed by atoms with Crippen LogP contribution in [-0.2, 0) is 6.42 Å². The molecular formula is C19H24F2N4O2. The summed E-state index contributed by atoms with van der Waals surface area (Å²) >= 11 is 0. The van der Waals surface area contributed by atoms with Gasteiger partial charge < -0.3 is 24.7 Å². The Bertz CT molecular complexity index is 737. The maximum Gasteiger partial charge on any atom is 0.387 e. The smallest absolute Gasteiger partial charge is 0.387 e. The summed E-state index contributed by atoms with van der Waals surface area (Å²) in [6.07, 6.45) is 3.30. The molecule has 0 saturated carbocycles. The maximum atomic E-state index is 12.6. The van der Waals surface area contributed by atoms with Crippen molar-refractivity contribution in [1.29, 1.82) is 0 Å². The molecule has 1 aromatic carbocycles. The fraction of sp³-hybridized carbons (Fsp3) is 0.421. The number of hydrogen-bond acceptors (Lipinski definition) is 4. The average Bonchev–Trinajstić information content (AvgIpc) is 3.33. The molecule has 0 amide bonds. The fourth-order valence-electron chi connectivity index (χ4n) is 3.16.